The summed E-state index contributed by atoms with van der Waals surface area (Å²) >= 11 is 0. The number of carboxylic acid groups (broad SMARTS) is 1. The highest BCUT2D eigenvalue weighted by atomic mass is 16.5. The molecule has 1 aliphatic rings. The summed E-state index contributed by atoms with van der Waals surface area (Å²) in [5.41, 5.74) is 0.265. The zero-order valence-corrected chi connectivity index (χ0v) is 13.4. The molecule has 1 aromatic heterocycles. The van der Waals surface area contributed by atoms with Gasteiger partial charge in [0.25, 0.3) is 5.91 Å². The first-order valence-electron chi connectivity index (χ1n) is 7.33. The van der Waals surface area contributed by atoms with Crippen LogP contribution in [0, 0.1) is 0 Å². The molecule has 1 aromatic rings. The molecule has 1 fully saturated rings. The van der Waals surface area contributed by atoms with Crippen LogP contribution in [0.15, 0.2) is 12.4 Å². The molecule has 2 rings (SSSR count). The Balaban J connectivity index is 2.19. The van der Waals surface area contributed by atoms with E-state index in [1.165, 1.54) is 6.20 Å². The molecule has 2 unspecified atom stereocenters. The molecule has 0 aliphatic carbocycles. The fourth-order valence-corrected chi connectivity index (χ4v) is 2.65. The maximum Gasteiger partial charge on any atom is 0.305 e. The molecule has 1 aliphatic heterocycles. The third-order valence-corrected chi connectivity index (χ3v) is 3.90. The molecule has 2 atom stereocenters. The highest BCUT2D eigenvalue weighted by molar-refractivity contribution is 5.94. The van der Waals surface area contributed by atoms with E-state index < -0.39 is 5.97 Å². The molecule has 2 heterocycles. The Labute approximate surface area is 129 Å². The number of carboxylic acids is 1. The van der Waals surface area contributed by atoms with Gasteiger partial charge in [-0.15, -0.1) is 0 Å². The Kier molecular flexibility index (Phi) is 4.55. The van der Waals surface area contributed by atoms with Gasteiger partial charge in [-0.3, -0.25) is 14.3 Å². The van der Waals surface area contributed by atoms with Crippen LogP contribution in [0.1, 0.15) is 44.0 Å². The Morgan fingerprint density at radius 3 is 2.64 bits per heavy atom. The van der Waals surface area contributed by atoms with Gasteiger partial charge in [0.15, 0.2) is 0 Å². The molecule has 0 radical (unpaired) electrons. The van der Waals surface area contributed by atoms with Gasteiger partial charge in [-0.25, -0.2) is 0 Å². The van der Waals surface area contributed by atoms with Crippen molar-refractivity contribution in [3.8, 4) is 0 Å². The summed E-state index contributed by atoms with van der Waals surface area (Å²) in [6.45, 7) is 6.41. The lowest BCUT2D eigenvalue weighted by atomic mass is 10.1. The molecular weight excluding hydrogens is 286 g/mol. The van der Waals surface area contributed by atoms with Gasteiger partial charge in [-0.05, 0) is 27.2 Å². The van der Waals surface area contributed by atoms with Gasteiger partial charge in [0.2, 0.25) is 0 Å². The average Bonchev–Trinajstić information content (AvgIpc) is 3.02. The van der Waals surface area contributed by atoms with Crippen molar-refractivity contribution < 1.29 is 19.4 Å². The van der Waals surface area contributed by atoms with E-state index in [1.54, 1.807) is 22.9 Å². The van der Waals surface area contributed by atoms with Crippen LogP contribution < -0.4 is 0 Å². The van der Waals surface area contributed by atoms with Crippen molar-refractivity contribution in [2.45, 2.75) is 51.3 Å². The Morgan fingerprint density at radius 2 is 2.14 bits per heavy atom. The number of hydrogen-bond donors (Lipinski definition) is 1. The molecule has 1 amide bonds. The maximum absolute atomic E-state index is 12.7. The second-order valence-electron chi connectivity index (χ2n) is 6.65. The molecule has 0 bridgehead atoms. The normalized spacial score (nSPS) is 22.1. The second kappa shape index (κ2) is 6.08. The van der Waals surface area contributed by atoms with Crippen LogP contribution in [0.4, 0.5) is 0 Å². The summed E-state index contributed by atoms with van der Waals surface area (Å²) in [4.78, 5) is 25.2. The van der Waals surface area contributed by atoms with Crippen LogP contribution in [0.25, 0.3) is 0 Å². The van der Waals surface area contributed by atoms with Crippen molar-refractivity contribution in [1.82, 2.24) is 14.7 Å². The Morgan fingerprint density at radius 1 is 1.45 bits per heavy atom. The number of likely N-dealkylation sites (tertiary alicyclic amines) is 1. The number of methoxy groups -OCH3 is 1. The lowest BCUT2D eigenvalue weighted by molar-refractivity contribution is -0.137. The first-order chi connectivity index (χ1) is 10.2. The SMILES string of the molecule is COC1CC(CC(=O)O)N(C(=O)c2cnn(C(C)(C)C)c2)C1. The number of amides is 1. The van der Waals surface area contributed by atoms with Gasteiger partial charge < -0.3 is 14.7 Å². The zero-order chi connectivity index (χ0) is 16.5. The van der Waals surface area contributed by atoms with Crippen LogP contribution in [0.2, 0.25) is 0 Å². The van der Waals surface area contributed by atoms with Gasteiger partial charge in [0.05, 0.1) is 29.8 Å². The van der Waals surface area contributed by atoms with Gasteiger partial charge >= 0.3 is 5.97 Å². The molecule has 7 heteroatoms. The molecule has 7 nitrogen and oxygen atoms in total. The molecule has 1 saturated heterocycles. The first-order valence-corrected chi connectivity index (χ1v) is 7.33. The fraction of sp³-hybridized carbons (Fsp3) is 0.667. The summed E-state index contributed by atoms with van der Waals surface area (Å²) in [6, 6.07) is -0.340. The lowest BCUT2D eigenvalue weighted by Gasteiger charge is -2.23. The molecule has 1 N–H and O–H groups in total. The zero-order valence-electron chi connectivity index (χ0n) is 13.4. The van der Waals surface area contributed by atoms with Gasteiger partial charge in [-0.2, -0.15) is 5.10 Å². The minimum absolute atomic E-state index is 0.0704. The van der Waals surface area contributed by atoms with E-state index >= 15 is 0 Å². The molecule has 122 valence electrons. The van der Waals surface area contributed by atoms with Crippen LogP contribution in [0.3, 0.4) is 0 Å². The average molecular weight is 309 g/mol. The van der Waals surface area contributed by atoms with Crippen LogP contribution in [0.5, 0.6) is 0 Å². The Bertz CT molecular complexity index is 561. The maximum atomic E-state index is 12.7. The fourth-order valence-electron chi connectivity index (χ4n) is 2.65. The predicted molar refractivity (Wildman–Crippen MR) is 79.7 cm³/mol. The highest BCUT2D eigenvalue weighted by Crippen LogP contribution is 2.25. The molecule has 0 spiro atoms. The monoisotopic (exact) mass is 309 g/mol. The van der Waals surface area contributed by atoms with E-state index in [4.69, 9.17) is 9.84 Å². The van der Waals surface area contributed by atoms with E-state index in [1.807, 2.05) is 20.8 Å². The number of aromatic nitrogens is 2. The van der Waals surface area contributed by atoms with E-state index in [0.717, 1.165) is 0 Å². The largest absolute Gasteiger partial charge is 0.481 e. The summed E-state index contributed by atoms with van der Waals surface area (Å²) < 4.78 is 7.02. The van der Waals surface area contributed by atoms with Crippen molar-refractivity contribution in [3.63, 3.8) is 0 Å². The standard InChI is InChI=1S/C15H23N3O4/c1-15(2,3)18-8-10(7-16-18)14(21)17-9-12(22-4)5-11(17)6-13(19)20/h7-8,11-12H,5-6,9H2,1-4H3,(H,19,20). The number of ether oxygens (including phenoxy) is 1. The van der Waals surface area contributed by atoms with Crippen molar-refractivity contribution >= 4 is 11.9 Å². The number of aliphatic carboxylic acids is 1. The molecule has 0 aromatic carbocycles. The van der Waals surface area contributed by atoms with Gasteiger partial charge in [0, 0.05) is 25.9 Å². The quantitative estimate of drug-likeness (QED) is 0.907. The predicted octanol–water partition coefficient (Wildman–Crippen LogP) is 1.34. The summed E-state index contributed by atoms with van der Waals surface area (Å²) in [6.07, 6.45) is 3.60. The van der Waals surface area contributed by atoms with Crippen molar-refractivity contribution in [3.05, 3.63) is 18.0 Å². The number of carbonyl (C=O) groups is 2. The van der Waals surface area contributed by atoms with E-state index in [2.05, 4.69) is 5.10 Å². The van der Waals surface area contributed by atoms with E-state index in [-0.39, 0.29) is 30.0 Å². The summed E-state index contributed by atoms with van der Waals surface area (Å²) in [5, 5.41) is 13.2. The van der Waals surface area contributed by atoms with Crippen LogP contribution in [-0.4, -0.2) is 57.5 Å². The number of nitrogens with zero attached hydrogens (tertiary/aromatic N) is 3. The smallest absolute Gasteiger partial charge is 0.305 e. The van der Waals surface area contributed by atoms with E-state index in [0.29, 0.717) is 18.5 Å². The van der Waals surface area contributed by atoms with Crippen molar-refractivity contribution in [2.75, 3.05) is 13.7 Å². The third-order valence-electron chi connectivity index (χ3n) is 3.90. The minimum atomic E-state index is -0.912. The molecular formula is C15H23N3O4. The second-order valence-corrected chi connectivity index (χ2v) is 6.65. The number of hydrogen-bond acceptors (Lipinski definition) is 4. The van der Waals surface area contributed by atoms with Crippen LogP contribution >= 0.6 is 0 Å². The first kappa shape index (κ1) is 16.5. The van der Waals surface area contributed by atoms with Gasteiger partial charge in [0.1, 0.15) is 0 Å². The highest BCUT2D eigenvalue weighted by Gasteiger charge is 2.37. The number of carbonyl (C=O) groups excluding carboxylic acids is 1. The van der Waals surface area contributed by atoms with Gasteiger partial charge in [-0.1, -0.05) is 0 Å². The van der Waals surface area contributed by atoms with Crippen LogP contribution in [-0.2, 0) is 15.1 Å². The lowest BCUT2D eigenvalue weighted by Crippen LogP contribution is -2.37. The Hall–Kier alpha value is -1.89. The van der Waals surface area contributed by atoms with E-state index in [9.17, 15) is 9.59 Å². The number of rotatable bonds is 4. The van der Waals surface area contributed by atoms with Crippen molar-refractivity contribution in [2.24, 2.45) is 0 Å². The topological polar surface area (TPSA) is 84.7 Å². The molecule has 0 saturated carbocycles. The minimum Gasteiger partial charge on any atom is -0.481 e. The van der Waals surface area contributed by atoms with Crippen molar-refractivity contribution in [1.29, 1.82) is 0 Å². The summed E-state index contributed by atoms with van der Waals surface area (Å²) in [7, 11) is 1.58. The third kappa shape index (κ3) is 3.47. The summed E-state index contributed by atoms with van der Waals surface area (Å²) in [5.74, 6) is -1.11. The molecule has 22 heavy (non-hydrogen) atoms.